The Hall–Kier alpha value is -2.94. The first-order valence-electron chi connectivity index (χ1n) is 11.2. The third-order valence-electron chi connectivity index (χ3n) is 5.06. The second kappa shape index (κ2) is 13.6. The van der Waals surface area contributed by atoms with E-state index >= 15 is 0 Å². The Morgan fingerprint density at radius 3 is 2.15 bits per heavy atom. The Morgan fingerprint density at radius 1 is 1.00 bits per heavy atom. The van der Waals surface area contributed by atoms with Gasteiger partial charge in [0.1, 0.15) is 5.54 Å². The normalized spacial score (nSPS) is 13.4. The van der Waals surface area contributed by atoms with Crippen LogP contribution < -0.4 is 15.2 Å². The molecular weight excluding hydrogens is 430 g/mol. The fourth-order valence-corrected chi connectivity index (χ4v) is 3.07. The summed E-state index contributed by atoms with van der Waals surface area (Å²) in [5.74, 6) is -2.12. The van der Waals surface area contributed by atoms with E-state index in [0.29, 0.717) is 12.0 Å². The topological polar surface area (TPSA) is 131 Å². The predicted octanol–water partition coefficient (Wildman–Crippen LogP) is 3.10. The van der Waals surface area contributed by atoms with Gasteiger partial charge in [-0.3, -0.25) is 19.2 Å². The maximum Gasteiger partial charge on any atom is 0.326 e. The number of hydrogen-bond acceptors (Lipinski definition) is 9. The zero-order valence-corrected chi connectivity index (χ0v) is 20.1. The van der Waals surface area contributed by atoms with E-state index in [1.807, 2.05) is 6.92 Å². The first-order valence-corrected chi connectivity index (χ1v) is 11.2. The highest BCUT2D eigenvalue weighted by atomic mass is 16.6. The van der Waals surface area contributed by atoms with Crippen molar-refractivity contribution >= 4 is 23.9 Å². The molecule has 2 atom stereocenters. The van der Waals surface area contributed by atoms with E-state index in [0.717, 1.165) is 6.42 Å². The molecule has 1 rings (SSSR count). The lowest BCUT2D eigenvalue weighted by Gasteiger charge is -2.27. The molecule has 0 aliphatic carbocycles. The summed E-state index contributed by atoms with van der Waals surface area (Å²) in [6.07, 6.45) is 1.87. The SMILES string of the molecule is CCC[C@H](C)C(=O)OCCC(N)(Cc1ccc(OC(=O)CC)c(OC(=O)CC)c1)C(=O)OC. The molecule has 9 heteroatoms. The fourth-order valence-electron chi connectivity index (χ4n) is 3.07. The summed E-state index contributed by atoms with van der Waals surface area (Å²) >= 11 is 0. The Balaban J connectivity index is 3.07. The summed E-state index contributed by atoms with van der Waals surface area (Å²) in [6, 6.07) is 4.58. The minimum atomic E-state index is -1.49. The van der Waals surface area contributed by atoms with Crippen molar-refractivity contribution in [1.82, 2.24) is 0 Å². The van der Waals surface area contributed by atoms with E-state index in [9.17, 15) is 19.2 Å². The number of ether oxygens (including phenoxy) is 4. The smallest absolute Gasteiger partial charge is 0.326 e. The van der Waals surface area contributed by atoms with Crippen molar-refractivity contribution in [2.75, 3.05) is 13.7 Å². The minimum Gasteiger partial charge on any atom is -0.468 e. The molecule has 0 aliphatic rings. The van der Waals surface area contributed by atoms with Gasteiger partial charge in [0.15, 0.2) is 11.5 Å². The number of esters is 4. The van der Waals surface area contributed by atoms with Crippen LogP contribution in [0.1, 0.15) is 65.4 Å². The van der Waals surface area contributed by atoms with Gasteiger partial charge in [0.05, 0.1) is 19.6 Å². The van der Waals surface area contributed by atoms with Gasteiger partial charge in [0, 0.05) is 25.7 Å². The summed E-state index contributed by atoms with van der Waals surface area (Å²) in [4.78, 5) is 48.1. The fraction of sp³-hybridized carbons (Fsp3) is 0.583. The number of nitrogens with two attached hydrogens (primary N) is 1. The molecule has 0 bridgehead atoms. The van der Waals surface area contributed by atoms with Crippen LogP contribution in [0.3, 0.4) is 0 Å². The van der Waals surface area contributed by atoms with E-state index in [1.165, 1.54) is 19.2 Å². The van der Waals surface area contributed by atoms with Crippen LogP contribution in [0.2, 0.25) is 0 Å². The van der Waals surface area contributed by atoms with Crippen molar-refractivity contribution in [3.63, 3.8) is 0 Å². The summed E-state index contributed by atoms with van der Waals surface area (Å²) < 4.78 is 20.7. The molecule has 0 aliphatic heterocycles. The molecule has 2 N–H and O–H groups in total. The molecule has 0 saturated heterocycles. The van der Waals surface area contributed by atoms with Gasteiger partial charge >= 0.3 is 23.9 Å². The van der Waals surface area contributed by atoms with Crippen molar-refractivity contribution in [3.05, 3.63) is 23.8 Å². The maximum absolute atomic E-state index is 12.5. The van der Waals surface area contributed by atoms with Gasteiger partial charge in [0.2, 0.25) is 0 Å². The van der Waals surface area contributed by atoms with Crippen LogP contribution >= 0.6 is 0 Å². The second-order valence-corrected chi connectivity index (χ2v) is 7.87. The van der Waals surface area contributed by atoms with Gasteiger partial charge in [-0.25, -0.2) is 0 Å². The quantitative estimate of drug-likeness (QED) is 0.345. The van der Waals surface area contributed by atoms with Gasteiger partial charge in [-0.05, 0) is 24.1 Å². The molecule has 184 valence electrons. The average molecular weight is 466 g/mol. The van der Waals surface area contributed by atoms with E-state index in [-0.39, 0.29) is 55.7 Å². The van der Waals surface area contributed by atoms with Gasteiger partial charge in [-0.1, -0.05) is 40.2 Å². The molecule has 0 spiro atoms. The molecule has 1 aromatic rings. The van der Waals surface area contributed by atoms with Crippen molar-refractivity contribution < 1.29 is 38.1 Å². The van der Waals surface area contributed by atoms with Crippen molar-refractivity contribution in [1.29, 1.82) is 0 Å². The Kier molecular flexibility index (Phi) is 11.6. The van der Waals surface area contributed by atoms with E-state index < -0.39 is 23.4 Å². The van der Waals surface area contributed by atoms with Crippen LogP contribution in [-0.4, -0.2) is 43.1 Å². The molecular formula is C24H35NO8. The number of methoxy groups -OCH3 is 1. The van der Waals surface area contributed by atoms with Crippen molar-refractivity contribution in [3.8, 4) is 11.5 Å². The van der Waals surface area contributed by atoms with Gasteiger partial charge in [-0.2, -0.15) is 0 Å². The molecule has 9 nitrogen and oxygen atoms in total. The number of benzene rings is 1. The number of rotatable bonds is 13. The lowest BCUT2D eigenvalue weighted by molar-refractivity contribution is -0.153. The second-order valence-electron chi connectivity index (χ2n) is 7.87. The molecule has 0 amide bonds. The standard InChI is InChI=1S/C24H35NO8/c1-6-9-16(4)22(28)31-13-12-24(25,23(29)30-5)15-17-10-11-18(32-20(26)7-2)19(14-17)33-21(27)8-3/h10-11,14,16H,6-9,12-13,15,25H2,1-5H3/t16-,24?/m0/s1. The molecule has 0 heterocycles. The molecule has 0 saturated carbocycles. The summed E-state index contributed by atoms with van der Waals surface area (Å²) in [5.41, 5.74) is 5.42. The van der Waals surface area contributed by atoms with Crippen LogP contribution in [0.15, 0.2) is 18.2 Å². The van der Waals surface area contributed by atoms with Crippen LogP contribution in [-0.2, 0) is 35.1 Å². The molecule has 0 fully saturated rings. The van der Waals surface area contributed by atoms with Crippen LogP contribution in [0, 0.1) is 5.92 Å². The van der Waals surface area contributed by atoms with Crippen LogP contribution in [0.25, 0.3) is 0 Å². The summed E-state index contributed by atoms with van der Waals surface area (Å²) in [7, 11) is 1.22. The monoisotopic (exact) mass is 465 g/mol. The Morgan fingerprint density at radius 2 is 1.61 bits per heavy atom. The molecule has 1 unspecified atom stereocenters. The van der Waals surface area contributed by atoms with Gasteiger partial charge in [0.25, 0.3) is 0 Å². The lowest BCUT2D eigenvalue weighted by atomic mass is 9.88. The van der Waals surface area contributed by atoms with Crippen molar-refractivity contribution in [2.45, 2.75) is 71.8 Å². The summed E-state index contributed by atoms with van der Waals surface area (Å²) in [6.45, 7) is 6.99. The zero-order valence-electron chi connectivity index (χ0n) is 20.1. The third-order valence-corrected chi connectivity index (χ3v) is 5.06. The number of hydrogen-bond donors (Lipinski definition) is 1. The first-order chi connectivity index (χ1) is 15.6. The largest absolute Gasteiger partial charge is 0.468 e. The number of carbonyl (C=O) groups excluding carboxylic acids is 4. The lowest BCUT2D eigenvalue weighted by Crippen LogP contribution is -2.51. The third kappa shape index (κ3) is 8.84. The van der Waals surface area contributed by atoms with Crippen LogP contribution in [0.4, 0.5) is 0 Å². The molecule has 0 radical (unpaired) electrons. The highest BCUT2D eigenvalue weighted by molar-refractivity contribution is 5.81. The highest BCUT2D eigenvalue weighted by Crippen LogP contribution is 2.31. The van der Waals surface area contributed by atoms with Gasteiger partial charge < -0.3 is 24.7 Å². The predicted molar refractivity (Wildman–Crippen MR) is 121 cm³/mol. The van der Waals surface area contributed by atoms with Crippen molar-refractivity contribution in [2.24, 2.45) is 11.7 Å². The molecule has 33 heavy (non-hydrogen) atoms. The van der Waals surface area contributed by atoms with E-state index in [1.54, 1.807) is 26.8 Å². The number of carbonyl (C=O) groups is 4. The Labute approximate surface area is 194 Å². The molecule has 1 aromatic carbocycles. The first kappa shape index (κ1) is 28.1. The minimum absolute atomic E-state index is 0.0143. The summed E-state index contributed by atoms with van der Waals surface area (Å²) in [5, 5.41) is 0. The maximum atomic E-state index is 12.5. The van der Waals surface area contributed by atoms with E-state index in [2.05, 4.69) is 0 Å². The average Bonchev–Trinajstić information content (AvgIpc) is 2.79. The molecule has 0 aromatic heterocycles. The Bertz CT molecular complexity index is 838. The van der Waals surface area contributed by atoms with Gasteiger partial charge in [-0.15, -0.1) is 0 Å². The highest BCUT2D eigenvalue weighted by Gasteiger charge is 2.36. The van der Waals surface area contributed by atoms with E-state index in [4.69, 9.17) is 24.7 Å². The van der Waals surface area contributed by atoms with Crippen LogP contribution in [0.5, 0.6) is 11.5 Å². The zero-order chi connectivity index (χ0) is 25.0.